The summed E-state index contributed by atoms with van der Waals surface area (Å²) in [5.41, 5.74) is 1.27. The average Bonchev–Trinajstić information content (AvgIpc) is 2.79. The molecule has 4 rings (SSSR count). The Morgan fingerprint density at radius 2 is 1.86 bits per heavy atom. The minimum atomic E-state index is -0.581. The van der Waals surface area contributed by atoms with E-state index in [1.54, 1.807) is 4.90 Å². The Hall–Kier alpha value is -3.17. The van der Waals surface area contributed by atoms with Gasteiger partial charge in [-0.05, 0) is 64.5 Å². The molecule has 2 aliphatic heterocycles. The lowest BCUT2D eigenvalue weighted by Crippen LogP contribution is -2.65. The van der Waals surface area contributed by atoms with Crippen LogP contribution in [0, 0.1) is 11.3 Å². The summed E-state index contributed by atoms with van der Waals surface area (Å²) in [6.07, 6.45) is 3.90. The second kappa shape index (κ2) is 10.7. The molecule has 1 aromatic heterocycles. The maximum Gasteiger partial charge on any atom is 0.416 e. The molecule has 10 heteroatoms. The predicted molar refractivity (Wildman–Crippen MR) is 136 cm³/mol. The molecule has 2 fully saturated rings. The molecule has 0 unspecified atom stereocenters. The van der Waals surface area contributed by atoms with Gasteiger partial charge in [0.1, 0.15) is 11.4 Å². The number of ether oxygens (including phenoxy) is 2. The Labute approximate surface area is 218 Å². The minimum absolute atomic E-state index is 0.0294. The first-order valence-corrected chi connectivity index (χ1v) is 13.1. The van der Waals surface area contributed by atoms with Crippen LogP contribution in [0.1, 0.15) is 64.1 Å². The fraction of sp³-hybridized carbons (Fsp3) is 0.667. The van der Waals surface area contributed by atoms with Gasteiger partial charge in [0.15, 0.2) is 0 Å². The molecule has 1 N–H and O–H groups in total. The van der Waals surface area contributed by atoms with Crippen molar-refractivity contribution in [1.29, 1.82) is 0 Å². The number of aromatic nitrogens is 1. The van der Waals surface area contributed by atoms with Crippen LogP contribution in [0.2, 0.25) is 0 Å². The van der Waals surface area contributed by atoms with Gasteiger partial charge in [0, 0.05) is 49.6 Å². The van der Waals surface area contributed by atoms with Gasteiger partial charge >= 0.3 is 12.1 Å². The first-order chi connectivity index (χ1) is 17.5. The molecule has 1 saturated carbocycles. The number of amides is 3. The van der Waals surface area contributed by atoms with Gasteiger partial charge in [-0.2, -0.15) is 0 Å². The van der Waals surface area contributed by atoms with E-state index < -0.39 is 11.7 Å². The summed E-state index contributed by atoms with van der Waals surface area (Å²) >= 11 is 0. The first-order valence-electron chi connectivity index (χ1n) is 13.1. The van der Waals surface area contributed by atoms with Crippen LogP contribution < -0.4 is 10.2 Å². The maximum absolute atomic E-state index is 12.8. The first kappa shape index (κ1) is 26.9. The van der Waals surface area contributed by atoms with E-state index in [1.165, 1.54) is 7.11 Å². The molecule has 37 heavy (non-hydrogen) atoms. The molecule has 202 valence electrons. The number of pyridine rings is 1. The Kier molecular flexibility index (Phi) is 7.75. The number of methoxy groups -OCH3 is 1. The van der Waals surface area contributed by atoms with Crippen LogP contribution in [-0.2, 0) is 36.7 Å². The lowest BCUT2D eigenvalue weighted by Gasteiger charge is -2.58. The molecule has 1 spiro atoms. The number of fused-ring (bicyclic) bond motifs is 1. The van der Waals surface area contributed by atoms with Crippen molar-refractivity contribution in [1.82, 2.24) is 15.2 Å². The van der Waals surface area contributed by atoms with Gasteiger partial charge in [-0.1, -0.05) is 6.07 Å². The van der Waals surface area contributed by atoms with Crippen LogP contribution in [0.5, 0.6) is 0 Å². The molecule has 0 aromatic carbocycles. The van der Waals surface area contributed by atoms with Gasteiger partial charge in [0.05, 0.1) is 13.5 Å². The van der Waals surface area contributed by atoms with Crippen molar-refractivity contribution in [2.75, 3.05) is 38.2 Å². The number of aryl methyl sites for hydroxylation is 2. The zero-order valence-corrected chi connectivity index (χ0v) is 22.3. The van der Waals surface area contributed by atoms with Crippen LogP contribution in [0.15, 0.2) is 12.1 Å². The smallest absolute Gasteiger partial charge is 0.416 e. The van der Waals surface area contributed by atoms with E-state index in [4.69, 9.17) is 9.72 Å². The number of likely N-dealkylation sites (tertiary alicyclic amines) is 1. The standard InChI is InChI=1S/C27H38N4O6/c1-26(2,3)37-25(35)31-13-5-6-18-7-8-20(29-23(18)31)9-10-21(32)30-16-27(17-30)14-19(15-27)24(34)28-12-11-22(33)36-4/h7-8,19H,5-6,9-17H2,1-4H3,(H,28,34). The topological polar surface area (TPSA) is 118 Å². The van der Waals surface area contributed by atoms with E-state index in [0.717, 1.165) is 36.9 Å². The van der Waals surface area contributed by atoms with Crippen molar-refractivity contribution in [3.05, 3.63) is 23.4 Å². The summed E-state index contributed by atoms with van der Waals surface area (Å²) in [6, 6.07) is 3.94. The van der Waals surface area contributed by atoms with Gasteiger partial charge in [-0.3, -0.25) is 19.3 Å². The summed E-state index contributed by atoms with van der Waals surface area (Å²) < 4.78 is 10.1. The highest BCUT2D eigenvalue weighted by molar-refractivity contribution is 5.88. The second-order valence-corrected chi connectivity index (χ2v) is 11.5. The number of carbonyl (C=O) groups is 4. The number of carbonyl (C=O) groups excluding carboxylic acids is 4. The minimum Gasteiger partial charge on any atom is -0.469 e. The van der Waals surface area contributed by atoms with Gasteiger partial charge in [0.2, 0.25) is 11.8 Å². The molecule has 1 aromatic rings. The summed E-state index contributed by atoms with van der Waals surface area (Å²) in [5.74, 6) is 0.295. The van der Waals surface area contributed by atoms with Crippen molar-refractivity contribution in [2.45, 2.75) is 71.3 Å². The number of nitrogens with zero attached hydrogens (tertiary/aromatic N) is 3. The zero-order chi connectivity index (χ0) is 26.8. The highest BCUT2D eigenvalue weighted by atomic mass is 16.6. The normalized spacial score (nSPS) is 18.4. The van der Waals surface area contributed by atoms with Crippen molar-refractivity contribution in [3.63, 3.8) is 0 Å². The number of hydrogen-bond acceptors (Lipinski definition) is 7. The largest absolute Gasteiger partial charge is 0.469 e. The van der Waals surface area contributed by atoms with E-state index >= 15 is 0 Å². The monoisotopic (exact) mass is 514 g/mol. The van der Waals surface area contributed by atoms with Crippen molar-refractivity contribution < 1.29 is 28.7 Å². The molecule has 1 saturated heterocycles. The third-order valence-electron chi connectivity index (χ3n) is 7.30. The molecule has 3 aliphatic rings. The van der Waals surface area contributed by atoms with E-state index in [9.17, 15) is 19.2 Å². The molecule has 3 amide bonds. The lowest BCUT2D eigenvalue weighted by atomic mass is 9.57. The Morgan fingerprint density at radius 3 is 2.54 bits per heavy atom. The van der Waals surface area contributed by atoms with Crippen LogP contribution in [0.25, 0.3) is 0 Å². The number of hydrogen-bond donors (Lipinski definition) is 1. The number of nitrogens with one attached hydrogen (secondary N) is 1. The van der Waals surface area contributed by atoms with Gasteiger partial charge < -0.3 is 19.7 Å². The van der Waals surface area contributed by atoms with Crippen LogP contribution in [0.3, 0.4) is 0 Å². The lowest BCUT2D eigenvalue weighted by molar-refractivity contribution is -0.159. The van der Waals surface area contributed by atoms with E-state index in [1.807, 2.05) is 37.8 Å². The second-order valence-electron chi connectivity index (χ2n) is 11.5. The molecule has 1 aliphatic carbocycles. The van der Waals surface area contributed by atoms with Gasteiger partial charge in [-0.15, -0.1) is 0 Å². The average molecular weight is 515 g/mol. The van der Waals surface area contributed by atoms with Gasteiger partial charge in [0.25, 0.3) is 0 Å². The summed E-state index contributed by atoms with van der Waals surface area (Å²) in [5, 5.41) is 2.79. The molecule has 10 nitrogen and oxygen atoms in total. The quantitative estimate of drug-likeness (QED) is 0.556. The van der Waals surface area contributed by atoms with E-state index in [-0.39, 0.29) is 42.1 Å². The van der Waals surface area contributed by atoms with E-state index in [0.29, 0.717) is 38.3 Å². The molecule has 3 heterocycles. The molecule has 0 bridgehead atoms. The van der Waals surface area contributed by atoms with E-state index in [2.05, 4.69) is 10.1 Å². The van der Waals surface area contributed by atoms with Crippen LogP contribution in [0.4, 0.5) is 10.6 Å². The number of rotatable bonds is 7. The summed E-state index contributed by atoms with van der Waals surface area (Å²) in [4.78, 5) is 57.1. The molecule has 0 radical (unpaired) electrons. The summed E-state index contributed by atoms with van der Waals surface area (Å²) in [6.45, 7) is 7.75. The summed E-state index contributed by atoms with van der Waals surface area (Å²) in [7, 11) is 1.33. The van der Waals surface area contributed by atoms with Crippen LogP contribution in [-0.4, -0.2) is 72.7 Å². The zero-order valence-electron chi connectivity index (χ0n) is 22.3. The SMILES string of the molecule is COC(=O)CCNC(=O)C1CC2(C1)CN(C(=O)CCc1ccc3c(n1)N(C(=O)OC(C)(C)C)CCC3)C2. The Balaban J connectivity index is 1.22. The molecular formula is C27H38N4O6. The third-order valence-corrected chi connectivity index (χ3v) is 7.30. The third kappa shape index (κ3) is 6.40. The Morgan fingerprint density at radius 1 is 1.14 bits per heavy atom. The predicted octanol–water partition coefficient (Wildman–Crippen LogP) is 2.62. The fourth-order valence-corrected chi connectivity index (χ4v) is 5.41. The highest BCUT2D eigenvalue weighted by Crippen LogP contribution is 2.52. The molecular weight excluding hydrogens is 476 g/mol. The van der Waals surface area contributed by atoms with Gasteiger partial charge in [-0.25, -0.2) is 9.78 Å². The highest BCUT2D eigenvalue weighted by Gasteiger charge is 2.55. The van der Waals surface area contributed by atoms with Crippen molar-refractivity contribution >= 4 is 29.7 Å². The molecule has 0 atom stereocenters. The fourth-order valence-electron chi connectivity index (χ4n) is 5.41. The van der Waals surface area contributed by atoms with Crippen molar-refractivity contribution in [2.24, 2.45) is 11.3 Å². The van der Waals surface area contributed by atoms with Crippen LogP contribution >= 0.6 is 0 Å². The van der Waals surface area contributed by atoms with Crippen molar-refractivity contribution in [3.8, 4) is 0 Å². The Bertz CT molecular complexity index is 1050. The number of esters is 1. The maximum atomic E-state index is 12.8. The number of anilines is 1.